The topological polar surface area (TPSA) is 41.7 Å². The first-order valence-electron chi connectivity index (χ1n) is 18.7. The molecule has 1 aliphatic heterocycles. The van der Waals surface area contributed by atoms with Crippen molar-refractivity contribution in [3.8, 4) is 16.8 Å². The number of benzene rings is 8. The van der Waals surface area contributed by atoms with Gasteiger partial charge >= 0.3 is 0 Å². The van der Waals surface area contributed by atoms with E-state index in [0.717, 1.165) is 39.6 Å². The maximum atomic E-state index is 5.46. The Bertz CT molecular complexity index is 3050. The van der Waals surface area contributed by atoms with Crippen LogP contribution in [0.1, 0.15) is 47.8 Å². The van der Waals surface area contributed by atoms with Crippen LogP contribution in [0.2, 0.25) is 0 Å². The van der Waals surface area contributed by atoms with Crippen molar-refractivity contribution < 1.29 is 0 Å². The zero-order valence-corrected chi connectivity index (χ0v) is 30.1. The van der Waals surface area contributed by atoms with Crippen LogP contribution in [0.15, 0.2) is 180 Å². The lowest BCUT2D eigenvalue weighted by molar-refractivity contribution is 0.655. The Labute approximate surface area is 313 Å². The fourth-order valence-electron chi connectivity index (χ4n) is 9.11. The van der Waals surface area contributed by atoms with Crippen molar-refractivity contribution in [2.75, 3.05) is 0 Å². The molecule has 0 spiro atoms. The van der Waals surface area contributed by atoms with Gasteiger partial charge in [0.25, 0.3) is 0 Å². The number of hydrogen-bond acceptors (Lipinski definition) is 3. The summed E-state index contributed by atoms with van der Waals surface area (Å²) in [4.78, 5) is 10.9. The number of aromatic nitrogens is 1. The molecule has 0 amide bonds. The number of hydrogen-bond donors (Lipinski definition) is 1. The summed E-state index contributed by atoms with van der Waals surface area (Å²) in [6, 6.07) is 61.2. The highest BCUT2D eigenvalue weighted by Crippen LogP contribution is 2.50. The van der Waals surface area contributed by atoms with Crippen molar-refractivity contribution in [2.24, 2.45) is 9.98 Å². The molecule has 1 N–H and O–H groups in total. The molecule has 1 aromatic heterocycles. The molecule has 8 aromatic carbocycles. The Morgan fingerprint density at radius 3 is 2.07 bits per heavy atom. The van der Waals surface area contributed by atoms with E-state index in [9.17, 15) is 0 Å². The molecular formula is C50H36N4. The molecule has 0 fully saturated rings. The van der Waals surface area contributed by atoms with E-state index >= 15 is 0 Å². The molecule has 2 aliphatic rings. The smallest absolute Gasteiger partial charge is 0.159 e. The van der Waals surface area contributed by atoms with Gasteiger partial charge in [0.05, 0.1) is 11.0 Å². The van der Waals surface area contributed by atoms with Gasteiger partial charge in [-0.3, -0.25) is 0 Å². The first-order chi connectivity index (χ1) is 26.5. The second kappa shape index (κ2) is 11.6. The highest BCUT2D eigenvalue weighted by molar-refractivity contribution is 6.18. The molecule has 9 aromatic rings. The van der Waals surface area contributed by atoms with Crippen LogP contribution >= 0.6 is 0 Å². The van der Waals surface area contributed by atoms with Crippen LogP contribution in [-0.4, -0.2) is 16.2 Å². The van der Waals surface area contributed by atoms with E-state index in [0.29, 0.717) is 0 Å². The quantitative estimate of drug-likeness (QED) is 0.196. The van der Waals surface area contributed by atoms with Gasteiger partial charge in [-0.1, -0.05) is 141 Å². The Hall–Kier alpha value is -6.78. The molecule has 4 nitrogen and oxygen atoms in total. The molecule has 1 unspecified atom stereocenters. The molecule has 1 aliphatic carbocycles. The van der Waals surface area contributed by atoms with Gasteiger partial charge in [0, 0.05) is 38.6 Å². The van der Waals surface area contributed by atoms with Gasteiger partial charge in [-0.15, -0.1) is 0 Å². The highest BCUT2D eigenvalue weighted by Gasteiger charge is 2.38. The summed E-state index contributed by atoms with van der Waals surface area (Å²) in [6.45, 7) is 4.66. The molecule has 11 rings (SSSR count). The van der Waals surface area contributed by atoms with Gasteiger partial charge in [-0.25, -0.2) is 9.98 Å². The maximum absolute atomic E-state index is 5.46. The Kier molecular flexibility index (Phi) is 6.62. The van der Waals surface area contributed by atoms with Gasteiger partial charge in [-0.2, -0.15) is 0 Å². The van der Waals surface area contributed by atoms with Gasteiger partial charge in [0.15, 0.2) is 5.84 Å². The molecule has 0 radical (unpaired) electrons. The standard InChI is InChI=1S/C50H36N4/c1-50(2)43-25-11-10-21-37(43)38-22-13-24-40(46(38)50)49-52-47(51-48(53-49)39-23-12-17-31-14-8-9-20-36(31)39)34-26-27-44-41(29-34)42-28-32-15-6-7-16-33(32)30-45(42)54(44)35-18-4-3-5-19-35/h3-30,48H,1-2H3,(H,51,52,53). The SMILES string of the molecule is CC1(C)c2ccccc2-c2cccc(C3=NC(c4cccc5ccccc45)NC(c4ccc5c(c4)c4cc6ccccc6cc4n5-c4ccccc4)=N3)c21. The Morgan fingerprint density at radius 2 is 1.20 bits per heavy atom. The average molecular weight is 693 g/mol. The zero-order chi connectivity index (χ0) is 36.0. The number of aliphatic imine (C=N–C) groups is 2. The Morgan fingerprint density at radius 1 is 0.537 bits per heavy atom. The Balaban J connectivity index is 1.14. The third kappa shape index (κ3) is 4.56. The fourth-order valence-corrected chi connectivity index (χ4v) is 9.11. The number of rotatable bonds is 4. The van der Waals surface area contributed by atoms with E-state index in [1.165, 1.54) is 60.1 Å². The predicted molar refractivity (Wildman–Crippen MR) is 225 cm³/mol. The fraction of sp³-hybridized carbons (Fsp3) is 0.0800. The molecule has 0 saturated heterocycles. The zero-order valence-electron chi connectivity index (χ0n) is 30.1. The molecule has 1 atom stereocenters. The summed E-state index contributed by atoms with van der Waals surface area (Å²) < 4.78 is 2.38. The van der Waals surface area contributed by atoms with Gasteiger partial charge in [0.2, 0.25) is 0 Å². The molecule has 4 heteroatoms. The van der Waals surface area contributed by atoms with Crippen LogP contribution in [0, 0.1) is 0 Å². The third-order valence-electron chi connectivity index (χ3n) is 11.6. The summed E-state index contributed by atoms with van der Waals surface area (Å²) in [7, 11) is 0. The van der Waals surface area contributed by atoms with Crippen molar-refractivity contribution in [3.05, 3.63) is 198 Å². The minimum absolute atomic E-state index is 0.207. The third-order valence-corrected chi connectivity index (χ3v) is 11.6. The van der Waals surface area contributed by atoms with E-state index in [2.05, 4.69) is 194 Å². The lowest BCUT2D eigenvalue weighted by Crippen LogP contribution is -2.34. The maximum Gasteiger partial charge on any atom is 0.159 e. The van der Waals surface area contributed by atoms with Crippen LogP contribution in [0.25, 0.3) is 60.2 Å². The summed E-state index contributed by atoms with van der Waals surface area (Å²) in [5.74, 6) is 1.56. The lowest BCUT2D eigenvalue weighted by atomic mass is 9.80. The van der Waals surface area contributed by atoms with Crippen molar-refractivity contribution in [3.63, 3.8) is 0 Å². The molecule has 0 saturated carbocycles. The summed E-state index contributed by atoms with van der Waals surface area (Å²) >= 11 is 0. The van der Waals surface area contributed by atoms with E-state index in [1.807, 2.05) is 0 Å². The molecule has 2 heterocycles. The molecule has 54 heavy (non-hydrogen) atoms. The first-order valence-corrected chi connectivity index (χ1v) is 18.7. The largest absolute Gasteiger partial charge is 0.344 e. The number of nitrogens with one attached hydrogen (secondary N) is 1. The highest BCUT2D eigenvalue weighted by atomic mass is 15.2. The van der Waals surface area contributed by atoms with E-state index < -0.39 is 0 Å². The monoisotopic (exact) mass is 692 g/mol. The average Bonchev–Trinajstić information content (AvgIpc) is 3.67. The minimum atomic E-state index is -0.341. The minimum Gasteiger partial charge on any atom is -0.344 e. The van der Waals surface area contributed by atoms with Crippen LogP contribution in [0.5, 0.6) is 0 Å². The summed E-state index contributed by atoms with van der Waals surface area (Å²) in [6.07, 6.45) is -0.341. The second-order valence-electron chi connectivity index (χ2n) is 15.0. The molecule has 0 bridgehead atoms. The summed E-state index contributed by atoms with van der Waals surface area (Å²) in [5, 5.41) is 11.0. The molecule has 256 valence electrons. The summed E-state index contributed by atoms with van der Waals surface area (Å²) in [5.41, 5.74) is 11.7. The van der Waals surface area contributed by atoms with Crippen molar-refractivity contribution >= 4 is 55.0 Å². The van der Waals surface area contributed by atoms with Gasteiger partial charge < -0.3 is 9.88 Å². The number of fused-ring (bicyclic) bond motifs is 8. The normalized spacial score (nSPS) is 15.9. The number of nitrogens with zero attached hydrogens (tertiary/aromatic N) is 3. The van der Waals surface area contributed by atoms with E-state index in [1.54, 1.807) is 0 Å². The van der Waals surface area contributed by atoms with E-state index in [4.69, 9.17) is 9.98 Å². The number of para-hydroxylation sites is 1. The van der Waals surface area contributed by atoms with Gasteiger partial charge in [0.1, 0.15) is 12.0 Å². The van der Waals surface area contributed by atoms with E-state index in [-0.39, 0.29) is 11.6 Å². The first kappa shape index (κ1) is 30.8. The van der Waals surface area contributed by atoms with Crippen LogP contribution in [0.4, 0.5) is 0 Å². The van der Waals surface area contributed by atoms with Crippen LogP contribution in [0.3, 0.4) is 0 Å². The number of amidine groups is 2. The van der Waals surface area contributed by atoms with Crippen molar-refractivity contribution in [1.82, 2.24) is 9.88 Å². The lowest BCUT2D eigenvalue weighted by Gasteiger charge is -2.28. The second-order valence-corrected chi connectivity index (χ2v) is 15.0. The van der Waals surface area contributed by atoms with Crippen molar-refractivity contribution in [2.45, 2.75) is 25.4 Å². The van der Waals surface area contributed by atoms with Crippen LogP contribution < -0.4 is 5.32 Å². The van der Waals surface area contributed by atoms with Crippen molar-refractivity contribution in [1.29, 1.82) is 0 Å². The van der Waals surface area contributed by atoms with Crippen LogP contribution in [-0.2, 0) is 5.41 Å². The predicted octanol–water partition coefficient (Wildman–Crippen LogP) is 11.9. The molecular weight excluding hydrogens is 657 g/mol. The van der Waals surface area contributed by atoms with Gasteiger partial charge in [-0.05, 0) is 86.3 Å².